The first-order chi connectivity index (χ1) is 6.18. The zero-order valence-electron chi connectivity index (χ0n) is 6.84. The quantitative estimate of drug-likeness (QED) is 0.739. The van der Waals surface area contributed by atoms with E-state index in [1.54, 1.807) is 0 Å². The molecule has 0 radical (unpaired) electrons. The third kappa shape index (κ3) is 2.02. The van der Waals surface area contributed by atoms with Gasteiger partial charge in [0.05, 0.1) is 6.20 Å². The normalized spacial score (nSPS) is 17.2. The Morgan fingerprint density at radius 2 is 2.15 bits per heavy atom. The molecule has 0 bridgehead atoms. The summed E-state index contributed by atoms with van der Waals surface area (Å²) in [6.07, 6.45) is 5.88. The summed E-state index contributed by atoms with van der Waals surface area (Å²) in [6.45, 7) is 0. The minimum Gasteiger partial charge on any atom is -0.260 e. The first kappa shape index (κ1) is 8.58. The van der Waals surface area contributed by atoms with Crippen molar-refractivity contribution in [3.8, 4) is 0 Å². The van der Waals surface area contributed by atoms with Gasteiger partial charge in [-0.05, 0) is 12.8 Å². The summed E-state index contributed by atoms with van der Waals surface area (Å²) in [5.74, 6) is 0. The number of hydrogen-bond donors (Lipinski definition) is 1. The summed E-state index contributed by atoms with van der Waals surface area (Å²) < 4.78 is 25.5. The lowest BCUT2D eigenvalue weighted by molar-refractivity contribution is 0.576. The summed E-state index contributed by atoms with van der Waals surface area (Å²) in [5.41, 5.74) is 0. The molecule has 13 heavy (non-hydrogen) atoms. The van der Waals surface area contributed by atoms with Gasteiger partial charge >= 0.3 is 0 Å². The van der Waals surface area contributed by atoms with Crippen LogP contribution >= 0.6 is 0 Å². The molecule has 0 saturated heterocycles. The molecule has 0 amide bonds. The molecule has 1 heterocycles. The second-order valence-electron chi connectivity index (χ2n) is 2.94. The third-order valence-corrected chi connectivity index (χ3v) is 3.12. The Hall–Kier alpha value is -1.01. The van der Waals surface area contributed by atoms with Gasteiger partial charge < -0.3 is 0 Å². The molecule has 1 N–H and O–H groups in total. The van der Waals surface area contributed by atoms with E-state index >= 15 is 0 Å². The lowest BCUT2D eigenvalue weighted by Gasteiger charge is -2.02. The lowest BCUT2D eigenvalue weighted by atomic mass is 10.8. The van der Waals surface area contributed by atoms with Gasteiger partial charge in [-0.3, -0.25) is 4.98 Å². The van der Waals surface area contributed by atoms with Crippen molar-refractivity contribution in [2.75, 3.05) is 0 Å². The molecule has 0 aromatic carbocycles. The molecule has 0 unspecified atom stereocenters. The monoisotopic (exact) mass is 199 g/mol. The minimum atomic E-state index is -3.42. The van der Waals surface area contributed by atoms with E-state index in [2.05, 4.69) is 14.7 Å². The van der Waals surface area contributed by atoms with Crippen LogP contribution in [0.4, 0.5) is 0 Å². The van der Waals surface area contributed by atoms with Crippen LogP contribution in [0, 0.1) is 0 Å². The number of rotatable bonds is 3. The maximum atomic E-state index is 11.5. The van der Waals surface area contributed by atoms with Gasteiger partial charge in [-0.1, -0.05) is 0 Å². The van der Waals surface area contributed by atoms with Crippen molar-refractivity contribution in [2.24, 2.45) is 0 Å². The van der Waals surface area contributed by atoms with E-state index in [-0.39, 0.29) is 11.1 Å². The molecule has 0 aliphatic heterocycles. The first-order valence-corrected chi connectivity index (χ1v) is 5.45. The van der Waals surface area contributed by atoms with Crippen LogP contribution in [0.1, 0.15) is 12.8 Å². The Morgan fingerprint density at radius 3 is 2.69 bits per heavy atom. The van der Waals surface area contributed by atoms with E-state index in [0.29, 0.717) is 0 Å². The average molecular weight is 199 g/mol. The number of nitrogens with one attached hydrogen (secondary N) is 1. The molecule has 1 aromatic heterocycles. The predicted octanol–water partition coefficient (Wildman–Crippen LogP) is -0.0827. The van der Waals surface area contributed by atoms with Gasteiger partial charge in [0.25, 0.3) is 10.0 Å². The van der Waals surface area contributed by atoms with Gasteiger partial charge in [0.15, 0.2) is 5.03 Å². The molecule has 6 heteroatoms. The smallest absolute Gasteiger partial charge is 0.259 e. The molecule has 1 aliphatic rings. The molecule has 0 atom stereocenters. The highest BCUT2D eigenvalue weighted by atomic mass is 32.2. The van der Waals surface area contributed by atoms with Crippen LogP contribution in [0.15, 0.2) is 23.6 Å². The average Bonchev–Trinajstić information content (AvgIpc) is 2.89. The fourth-order valence-corrected chi connectivity index (χ4v) is 2.10. The maximum absolute atomic E-state index is 11.5. The number of nitrogens with zero attached hydrogens (tertiary/aromatic N) is 2. The van der Waals surface area contributed by atoms with Gasteiger partial charge in [-0.25, -0.2) is 18.1 Å². The Labute approximate surface area is 76.3 Å². The molecular weight excluding hydrogens is 190 g/mol. The van der Waals surface area contributed by atoms with Crippen LogP contribution in [0.3, 0.4) is 0 Å². The second-order valence-corrected chi connectivity index (χ2v) is 4.60. The topological polar surface area (TPSA) is 72.0 Å². The highest BCUT2D eigenvalue weighted by Gasteiger charge is 2.28. The van der Waals surface area contributed by atoms with Crippen LogP contribution in [0.2, 0.25) is 0 Å². The van der Waals surface area contributed by atoms with E-state index < -0.39 is 10.0 Å². The largest absolute Gasteiger partial charge is 0.260 e. The van der Waals surface area contributed by atoms with Gasteiger partial charge in [0, 0.05) is 18.4 Å². The second kappa shape index (κ2) is 3.04. The van der Waals surface area contributed by atoms with E-state index in [9.17, 15) is 8.42 Å². The van der Waals surface area contributed by atoms with E-state index in [4.69, 9.17) is 0 Å². The van der Waals surface area contributed by atoms with Crippen LogP contribution < -0.4 is 4.72 Å². The summed E-state index contributed by atoms with van der Waals surface area (Å²) in [7, 11) is -3.42. The number of sulfonamides is 1. The highest BCUT2D eigenvalue weighted by molar-refractivity contribution is 7.89. The molecule has 1 aromatic rings. The van der Waals surface area contributed by atoms with Crippen LogP contribution in [0.25, 0.3) is 0 Å². The van der Waals surface area contributed by atoms with Crippen LogP contribution in [-0.2, 0) is 10.0 Å². The number of hydrogen-bond acceptors (Lipinski definition) is 4. The zero-order valence-corrected chi connectivity index (χ0v) is 7.66. The van der Waals surface area contributed by atoms with Crippen molar-refractivity contribution in [1.82, 2.24) is 14.7 Å². The minimum absolute atomic E-state index is 0.0121. The summed E-state index contributed by atoms with van der Waals surface area (Å²) >= 11 is 0. The molecular formula is C7H9N3O2S. The standard InChI is InChI=1S/C7H9N3O2S/c11-13(12,10-6-1-2-6)7-5-8-3-4-9-7/h3-6,10H,1-2H2. The third-order valence-electron chi connectivity index (χ3n) is 1.71. The van der Waals surface area contributed by atoms with Crippen molar-refractivity contribution >= 4 is 10.0 Å². The van der Waals surface area contributed by atoms with Crippen molar-refractivity contribution in [1.29, 1.82) is 0 Å². The first-order valence-electron chi connectivity index (χ1n) is 3.97. The maximum Gasteiger partial charge on any atom is 0.259 e. The fraction of sp³-hybridized carbons (Fsp3) is 0.429. The highest BCUT2D eigenvalue weighted by Crippen LogP contribution is 2.21. The van der Waals surface area contributed by atoms with E-state index in [0.717, 1.165) is 12.8 Å². The molecule has 1 fully saturated rings. The SMILES string of the molecule is O=S(=O)(NC1CC1)c1cnccn1. The van der Waals surface area contributed by atoms with Crippen molar-refractivity contribution in [2.45, 2.75) is 23.9 Å². The van der Waals surface area contributed by atoms with E-state index in [1.807, 2.05) is 0 Å². The van der Waals surface area contributed by atoms with Crippen molar-refractivity contribution < 1.29 is 8.42 Å². The Morgan fingerprint density at radius 1 is 1.38 bits per heavy atom. The van der Waals surface area contributed by atoms with E-state index in [1.165, 1.54) is 18.6 Å². The lowest BCUT2D eigenvalue weighted by Crippen LogP contribution is -2.26. The molecule has 2 rings (SSSR count). The van der Waals surface area contributed by atoms with Gasteiger partial charge in [0.1, 0.15) is 0 Å². The Balaban J connectivity index is 2.23. The van der Waals surface area contributed by atoms with Crippen molar-refractivity contribution in [3.63, 3.8) is 0 Å². The number of aromatic nitrogens is 2. The summed E-state index contributed by atoms with van der Waals surface area (Å²) in [4.78, 5) is 7.42. The molecule has 70 valence electrons. The van der Waals surface area contributed by atoms with Gasteiger partial charge in [-0.15, -0.1) is 0 Å². The predicted molar refractivity (Wildman–Crippen MR) is 45.4 cm³/mol. The molecule has 1 aliphatic carbocycles. The Kier molecular flexibility index (Phi) is 2.01. The molecule has 5 nitrogen and oxygen atoms in total. The van der Waals surface area contributed by atoms with Crippen LogP contribution in [-0.4, -0.2) is 24.4 Å². The summed E-state index contributed by atoms with van der Waals surface area (Å²) in [5, 5.41) is -0.0121. The molecule has 0 spiro atoms. The Bertz CT molecular complexity index is 385. The fourth-order valence-electron chi connectivity index (χ4n) is 0.905. The van der Waals surface area contributed by atoms with Crippen molar-refractivity contribution in [3.05, 3.63) is 18.6 Å². The molecule has 1 saturated carbocycles. The zero-order chi connectivity index (χ0) is 9.31. The van der Waals surface area contributed by atoms with Crippen LogP contribution in [0.5, 0.6) is 0 Å². The van der Waals surface area contributed by atoms with Gasteiger partial charge in [0.2, 0.25) is 0 Å². The van der Waals surface area contributed by atoms with Gasteiger partial charge in [-0.2, -0.15) is 0 Å². The summed E-state index contributed by atoms with van der Waals surface area (Å²) in [6, 6.07) is 0.104.